The molecule has 0 bridgehead atoms. The third-order valence-electron chi connectivity index (χ3n) is 6.78. The van der Waals surface area contributed by atoms with E-state index in [0.29, 0.717) is 5.69 Å². The summed E-state index contributed by atoms with van der Waals surface area (Å²) in [4.78, 5) is 25.3. The van der Waals surface area contributed by atoms with Crippen molar-refractivity contribution >= 4 is 5.91 Å². The summed E-state index contributed by atoms with van der Waals surface area (Å²) in [6.45, 7) is 0. The van der Waals surface area contributed by atoms with Crippen LogP contribution >= 0.6 is 0 Å². The predicted molar refractivity (Wildman–Crippen MR) is 107 cm³/mol. The summed E-state index contributed by atoms with van der Waals surface area (Å²) < 4.78 is 7.08. The van der Waals surface area contributed by atoms with Crippen LogP contribution in [0.5, 0.6) is 0 Å². The van der Waals surface area contributed by atoms with E-state index >= 15 is 0 Å². The molecule has 1 amide bonds. The zero-order valence-corrected chi connectivity index (χ0v) is 16.8. The van der Waals surface area contributed by atoms with E-state index in [1.807, 2.05) is 0 Å². The zero-order chi connectivity index (χ0) is 19.8. The number of hydrogen-bond donors (Lipinski definition) is 1. The molecule has 0 atom stereocenters. The molecule has 5 rings (SSSR count). The number of nitrogens with zero attached hydrogens (tertiary/aromatic N) is 3. The molecule has 2 aromatic heterocycles. The molecule has 0 saturated heterocycles. The van der Waals surface area contributed by atoms with Crippen molar-refractivity contribution in [1.29, 1.82) is 0 Å². The van der Waals surface area contributed by atoms with Gasteiger partial charge in [-0.15, -0.1) is 0 Å². The molecule has 7 nitrogen and oxygen atoms in total. The number of rotatable bonds is 3. The van der Waals surface area contributed by atoms with Crippen molar-refractivity contribution < 1.29 is 9.32 Å². The quantitative estimate of drug-likeness (QED) is 0.862. The van der Waals surface area contributed by atoms with Gasteiger partial charge in [-0.1, -0.05) is 5.16 Å². The summed E-state index contributed by atoms with van der Waals surface area (Å²) in [6.07, 6.45) is 11.6. The lowest BCUT2D eigenvalue weighted by Crippen LogP contribution is -2.40. The highest BCUT2D eigenvalue weighted by Crippen LogP contribution is 2.29. The summed E-state index contributed by atoms with van der Waals surface area (Å²) in [7, 11) is 0. The highest BCUT2D eigenvalue weighted by molar-refractivity contribution is 5.94. The molecule has 7 heteroatoms. The molecule has 0 radical (unpaired) electrons. The van der Waals surface area contributed by atoms with Crippen LogP contribution in [0.1, 0.15) is 90.5 Å². The van der Waals surface area contributed by atoms with Gasteiger partial charge >= 0.3 is 0 Å². The van der Waals surface area contributed by atoms with Crippen LogP contribution in [-0.2, 0) is 25.7 Å². The van der Waals surface area contributed by atoms with E-state index in [4.69, 9.17) is 9.62 Å². The summed E-state index contributed by atoms with van der Waals surface area (Å²) >= 11 is 0. The van der Waals surface area contributed by atoms with Crippen molar-refractivity contribution in [2.75, 3.05) is 0 Å². The van der Waals surface area contributed by atoms with E-state index < -0.39 is 0 Å². The van der Waals surface area contributed by atoms with E-state index in [1.165, 1.54) is 0 Å². The minimum atomic E-state index is -0.121. The smallest absolute Gasteiger partial charge is 0.273 e. The number of fused-ring (bicyclic) bond motifs is 2. The third-order valence-corrected chi connectivity index (χ3v) is 6.78. The van der Waals surface area contributed by atoms with E-state index in [2.05, 4.69) is 10.5 Å². The Hall–Kier alpha value is -2.44. The molecule has 1 fully saturated rings. The SMILES string of the molecule is O=C(NC1CCC(n2nc3c(cc2=O)CCCC3)CC1)c1noc2c1CCCC2. The van der Waals surface area contributed by atoms with Crippen molar-refractivity contribution in [2.45, 2.75) is 89.1 Å². The normalized spacial score (nSPS) is 23.9. The van der Waals surface area contributed by atoms with E-state index in [9.17, 15) is 9.59 Å². The molecule has 3 aliphatic carbocycles. The van der Waals surface area contributed by atoms with Gasteiger partial charge in [-0.25, -0.2) is 4.68 Å². The average Bonchev–Trinajstić information content (AvgIpc) is 3.18. The van der Waals surface area contributed by atoms with E-state index in [-0.39, 0.29) is 23.6 Å². The molecule has 0 unspecified atom stereocenters. The molecular weight excluding hydrogens is 368 g/mol. The molecule has 154 valence electrons. The number of carbonyl (C=O) groups excluding carboxylic acids is 1. The lowest BCUT2D eigenvalue weighted by Gasteiger charge is -2.30. The number of nitrogens with one attached hydrogen (secondary N) is 1. The first-order chi connectivity index (χ1) is 14.2. The Kier molecular flexibility index (Phi) is 4.97. The van der Waals surface area contributed by atoms with Gasteiger partial charge in [0.15, 0.2) is 5.69 Å². The van der Waals surface area contributed by atoms with Crippen LogP contribution < -0.4 is 10.9 Å². The number of aryl methyl sites for hydroxylation is 3. The van der Waals surface area contributed by atoms with Crippen molar-refractivity contribution in [3.8, 4) is 0 Å². The highest BCUT2D eigenvalue weighted by Gasteiger charge is 2.29. The van der Waals surface area contributed by atoms with Crippen LogP contribution in [0, 0.1) is 0 Å². The fraction of sp³-hybridized carbons (Fsp3) is 0.636. The molecule has 2 aromatic rings. The Balaban J connectivity index is 1.23. The maximum absolute atomic E-state index is 12.7. The third kappa shape index (κ3) is 3.63. The molecule has 0 aromatic carbocycles. The maximum Gasteiger partial charge on any atom is 0.273 e. The fourth-order valence-electron chi connectivity index (χ4n) is 5.12. The van der Waals surface area contributed by atoms with Crippen LogP contribution in [0.4, 0.5) is 0 Å². The van der Waals surface area contributed by atoms with Crippen molar-refractivity contribution in [3.63, 3.8) is 0 Å². The Bertz CT molecular complexity index is 969. The molecule has 29 heavy (non-hydrogen) atoms. The first-order valence-electron chi connectivity index (χ1n) is 11.1. The second-order valence-corrected chi connectivity index (χ2v) is 8.73. The fourth-order valence-corrected chi connectivity index (χ4v) is 5.12. The molecule has 0 spiro atoms. The van der Waals surface area contributed by atoms with Crippen LogP contribution in [0.3, 0.4) is 0 Å². The van der Waals surface area contributed by atoms with Gasteiger partial charge in [-0.05, 0) is 76.2 Å². The molecule has 2 heterocycles. The second kappa shape index (κ2) is 7.76. The van der Waals surface area contributed by atoms with Crippen LogP contribution in [0.25, 0.3) is 0 Å². The van der Waals surface area contributed by atoms with Crippen LogP contribution in [0.15, 0.2) is 15.4 Å². The minimum absolute atomic E-state index is 0.0207. The van der Waals surface area contributed by atoms with Crippen LogP contribution in [-0.4, -0.2) is 26.9 Å². The lowest BCUT2D eigenvalue weighted by molar-refractivity contribution is 0.0911. The number of hydrogen-bond acceptors (Lipinski definition) is 5. The lowest BCUT2D eigenvalue weighted by atomic mass is 9.90. The summed E-state index contributed by atoms with van der Waals surface area (Å²) in [5, 5.41) is 11.9. The Morgan fingerprint density at radius 2 is 1.79 bits per heavy atom. The molecule has 0 aliphatic heterocycles. The molecule has 1 saturated carbocycles. The number of aromatic nitrogens is 3. The second-order valence-electron chi connectivity index (χ2n) is 8.73. The maximum atomic E-state index is 12.7. The molecule has 3 aliphatic rings. The largest absolute Gasteiger partial charge is 0.360 e. The molecule has 1 N–H and O–H groups in total. The Morgan fingerprint density at radius 3 is 2.66 bits per heavy atom. The van der Waals surface area contributed by atoms with E-state index in [0.717, 1.165) is 99.6 Å². The van der Waals surface area contributed by atoms with Crippen molar-refractivity contribution in [2.24, 2.45) is 0 Å². The number of amides is 1. The topological polar surface area (TPSA) is 90.0 Å². The molecular formula is C22H28N4O3. The Labute approximate surface area is 169 Å². The van der Waals surface area contributed by atoms with Crippen molar-refractivity contribution in [3.05, 3.63) is 44.7 Å². The zero-order valence-electron chi connectivity index (χ0n) is 16.8. The summed E-state index contributed by atoms with van der Waals surface area (Å²) in [5.41, 5.74) is 3.71. The summed E-state index contributed by atoms with van der Waals surface area (Å²) in [6, 6.07) is 2.04. The van der Waals surface area contributed by atoms with Gasteiger partial charge in [-0.3, -0.25) is 9.59 Å². The van der Waals surface area contributed by atoms with Gasteiger partial charge in [0.2, 0.25) is 0 Å². The average molecular weight is 396 g/mol. The van der Waals surface area contributed by atoms with E-state index in [1.54, 1.807) is 10.7 Å². The van der Waals surface area contributed by atoms with Gasteiger partial charge in [0.1, 0.15) is 5.76 Å². The standard InChI is InChI=1S/C22H28N4O3/c27-20-13-14-5-1-3-7-18(14)24-26(20)16-11-9-15(10-12-16)23-22(28)21-17-6-2-4-8-19(17)29-25-21/h13,15-16H,1-12H2,(H,23,28). The van der Waals surface area contributed by atoms with Gasteiger partial charge in [-0.2, -0.15) is 5.10 Å². The first kappa shape index (κ1) is 18.6. The monoisotopic (exact) mass is 396 g/mol. The number of carbonyl (C=O) groups is 1. The first-order valence-corrected chi connectivity index (χ1v) is 11.1. The van der Waals surface area contributed by atoms with Gasteiger partial charge < -0.3 is 9.84 Å². The van der Waals surface area contributed by atoms with Gasteiger partial charge in [0.05, 0.1) is 11.7 Å². The van der Waals surface area contributed by atoms with Crippen LogP contribution in [0.2, 0.25) is 0 Å². The Morgan fingerprint density at radius 1 is 1.03 bits per heavy atom. The minimum Gasteiger partial charge on any atom is -0.360 e. The van der Waals surface area contributed by atoms with Crippen molar-refractivity contribution in [1.82, 2.24) is 20.3 Å². The summed E-state index contributed by atoms with van der Waals surface area (Å²) in [5.74, 6) is 0.757. The predicted octanol–water partition coefficient (Wildman–Crippen LogP) is 2.90. The van der Waals surface area contributed by atoms with Gasteiger partial charge in [0, 0.05) is 24.1 Å². The van der Waals surface area contributed by atoms with Gasteiger partial charge in [0.25, 0.3) is 11.5 Å². The highest BCUT2D eigenvalue weighted by atomic mass is 16.5.